The van der Waals surface area contributed by atoms with Crippen LogP contribution in [0.3, 0.4) is 0 Å². The minimum Gasteiger partial charge on any atom is -0.457 e. The second-order valence-corrected chi connectivity index (χ2v) is 4.91. The molecule has 0 aliphatic heterocycles. The van der Waals surface area contributed by atoms with Crippen LogP contribution in [0, 0.1) is 5.82 Å². The van der Waals surface area contributed by atoms with E-state index in [9.17, 15) is 4.39 Å². The summed E-state index contributed by atoms with van der Waals surface area (Å²) < 4.78 is 19.9. The normalized spacial score (nSPS) is 10.2. The summed E-state index contributed by atoms with van der Waals surface area (Å²) in [5, 5.41) is 0. The monoisotopic (exact) mass is 344 g/mol. The first kappa shape index (κ1) is 11.6. The first-order valence-corrected chi connectivity index (χ1v) is 6.12. The van der Waals surface area contributed by atoms with Gasteiger partial charge in [-0.05, 0) is 52.3 Å². The minimum absolute atomic E-state index is 0.304. The van der Waals surface area contributed by atoms with E-state index in [-0.39, 0.29) is 5.82 Å². The molecule has 2 rings (SSSR count). The van der Waals surface area contributed by atoms with E-state index in [1.807, 2.05) is 24.3 Å². The molecule has 0 saturated carbocycles. The first-order valence-electron chi connectivity index (χ1n) is 4.53. The van der Waals surface area contributed by atoms with E-state index in [1.54, 1.807) is 12.1 Å². The molecular formula is C12H7Br2FO. The number of hydrogen-bond acceptors (Lipinski definition) is 1. The van der Waals surface area contributed by atoms with Crippen LogP contribution >= 0.6 is 31.9 Å². The maximum atomic E-state index is 13.0. The number of benzene rings is 2. The highest BCUT2D eigenvalue weighted by atomic mass is 79.9. The third kappa shape index (κ3) is 2.83. The van der Waals surface area contributed by atoms with E-state index in [0.717, 1.165) is 4.47 Å². The van der Waals surface area contributed by atoms with Gasteiger partial charge in [0.25, 0.3) is 0 Å². The standard InChI is InChI=1S/C12H7Br2FO/c13-8-2-1-3-9(6-8)16-10-4-5-12(15)11(14)7-10/h1-7H. The molecule has 0 aliphatic rings. The highest BCUT2D eigenvalue weighted by Crippen LogP contribution is 2.27. The van der Waals surface area contributed by atoms with Crippen LogP contribution in [0.1, 0.15) is 0 Å². The lowest BCUT2D eigenvalue weighted by Gasteiger charge is -2.06. The lowest BCUT2D eigenvalue weighted by Crippen LogP contribution is -1.85. The second-order valence-electron chi connectivity index (χ2n) is 3.14. The third-order valence-corrected chi connectivity index (χ3v) is 3.02. The predicted octanol–water partition coefficient (Wildman–Crippen LogP) is 5.14. The molecule has 0 fully saturated rings. The molecule has 0 aromatic heterocycles. The maximum absolute atomic E-state index is 13.0. The Bertz CT molecular complexity index is 514. The Morgan fingerprint density at radius 2 is 1.69 bits per heavy atom. The van der Waals surface area contributed by atoms with Crippen molar-refractivity contribution in [2.45, 2.75) is 0 Å². The number of halogens is 3. The van der Waals surface area contributed by atoms with Crippen molar-refractivity contribution in [3.05, 3.63) is 57.2 Å². The SMILES string of the molecule is Fc1ccc(Oc2cccc(Br)c2)cc1Br. The van der Waals surface area contributed by atoms with Crippen LogP contribution in [-0.2, 0) is 0 Å². The van der Waals surface area contributed by atoms with E-state index in [1.165, 1.54) is 6.07 Å². The molecule has 0 atom stereocenters. The third-order valence-electron chi connectivity index (χ3n) is 1.92. The Labute approximate surface area is 110 Å². The van der Waals surface area contributed by atoms with Crippen LogP contribution in [0.5, 0.6) is 11.5 Å². The summed E-state index contributed by atoms with van der Waals surface area (Å²) in [7, 11) is 0. The molecule has 0 unspecified atom stereocenters. The summed E-state index contributed by atoms with van der Waals surface area (Å²) in [4.78, 5) is 0. The van der Waals surface area contributed by atoms with Crippen LogP contribution in [0.25, 0.3) is 0 Å². The molecule has 2 aromatic rings. The van der Waals surface area contributed by atoms with Crippen LogP contribution in [0.2, 0.25) is 0 Å². The van der Waals surface area contributed by atoms with Crippen LogP contribution in [-0.4, -0.2) is 0 Å². The van der Waals surface area contributed by atoms with Crippen LogP contribution < -0.4 is 4.74 Å². The van der Waals surface area contributed by atoms with E-state index in [2.05, 4.69) is 31.9 Å². The van der Waals surface area contributed by atoms with Crippen molar-refractivity contribution in [3.63, 3.8) is 0 Å². The summed E-state index contributed by atoms with van der Waals surface area (Å²) in [6.45, 7) is 0. The van der Waals surface area contributed by atoms with Gasteiger partial charge in [-0.3, -0.25) is 0 Å². The predicted molar refractivity (Wildman–Crippen MR) is 68.3 cm³/mol. The molecule has 82 valence electrons. The number of rotatable bonds is 2. The van der Waals surface area contributed by atoms with E-state index < -0.39 is 0 Å². The number of hydrogen-bond donors (Lipinski definition) is 0. The summed E-state index contributed by atoms with van der Waals surface area (Å²) in [6, 6.07) is 12.0. The van der Waals surface area contributed by atoms with Gasteiger partial charge in [-0.1, -0.05) is 22.0 Å². The summed E-state index contributed by atoms with van der Waals surface area (Å²) in [5.74, 6) is 0.987. The Hall–Kier alpha value is -0.870. The van der Waals surface area contributed by atoms with Gasteiger partial charge in [0.1, 0.15) is 17.3 Å². The molecule has 0 radical (unpaired) electrons. The molecule has 0 spiro atoms. The van der Waals surface area contributed by atoms with E-state index in [4.69, 9.17) is 4.74 Å². The maximum Gasteiger partial charge on any atom is 0.137 e. The van der Waals surface area contributed by atoms with Crippen molar-refractivity contribution >= 4 is 31.9 Å². The van der Waals surface area contributed by atoms with E-state index in [0.29, 0.717) is 16.0 Å². The molecule has 0 saturated heterocycles. The molecule has 2 aromatic carbocycles. The van der Waals surface area contributed by atoms with Gasteiger partial charge in [0.2, 0.25) is 0 Å². The van der Waals surface area contributed by atoms with Gasteiger partial charge in [0, 0.05) is 4.47 Å². The van der Waals surface area contributed by atoms with Gasteiger partial charge >= 0.3 is 0 Å². The topological polar surface area (TPSA) is 9.23 Å². The van der Waals surface area contributed by atoms with E-state index >= 15 is 0 Å². The highest BCUT2D eigenvalue weighted by molar-refractivity contribution is 9.10. The quantitative estimate of drug-likeness (QED) is 0.732. The highest BCUT2D eigenvalue weighted by Gasteiger charge is 2.02. The molecular weight excluding hydrogens is 339 g/mol. The fraction of sp³-hybridized carbons (Fsp3) is 0. The minimum atomic E-state index is -0.304. The van der Waals surface area contributed by atoms with Gasteiger partial charge in [-0.15, -0.1) is 0 Å². The first-order chi connectivity index (χ1) is 7.65. The van der Waals surface area contributed by atoms with Gasteiger partial charge in [0.15, 0.2) is 0 Å². The summed E-state index contributed by atoms with van der Waals surface area (Å²) >= 11 is 6.46. The molecule has 0 N–H and O–H groups in total. The lowest BCUT2D eigenvalue weighted by molar-refractivity contribution is 0.479. The summed E-state index contributed by atoms with van der Waals surface area (Å²) in [6.07, 6.45) is 0. The molecule has 0 bridgehead atoms. The molecule has 0 aliphatic carbocycles. The average Bonchev–Trinajstić information content (AvgIpc) is 2.24. The van der Waals surface area contributed by atoms with Crippen molar-refractivity contribution in [3.8, 4) is 11.5 Å². The Kier molecular flexibility index (Phi) is 3.61. The Morgan fingerprint density at radius 3 is 2.38 bits per heavy atom. The molecule has 0 heterocycles. The molecule has 1 nitrogen and oxygen atoms in total. The van der Waals surface area contributed by atoms with Gasteiger partial charge < -0.3 is 4.74 Å². The van der Waals surface area contributed by atoms with Gasteiger partial charge in [0.05, 0.1) is 4.47 Å². The Balaban J connectivity index is 2.24. The van der Waals surface area contributed by atoms with Crippen molar-refractivity contribution in [2.24, 2.45) is 0 Å². The average molecular weight is 346 g/mol. The smallest absolute Gasteiger partial charge is 0.137 e. The molecule has 16 heavy (non-hydrogen) atoms. The van der Waals surface area contributed by atoms with Crippen molar-refractivity contribution in [1.29, 1.82) is 0 Å². The zero-order valence-electron chi connectivity index (χ0n) is 8.08. The van der Waals surface area contributed by atoms with Crippen molar-refractivity contribution < 1.29 is 9.13 Å². The fourth-order valence-electron chi connectivity index (χ4n) is 1.21. The largest absolute Gasteiger partial charge is 0.457 e. The van der Waals surface area contributed by atoms with Crippen molar-refractivity contribution in [1.82, 2.24) is 0 Å². The molecule has 0 amide bonds. The zero-order valence-corrected chi connectivity index (χ0v) is 11.3. The second kappa shape index (κ2) is 4.97. The zero-order chi connectivity index (χ0) is 11.5. The fourth-order valence-corrected chi connectivity index (χ4v) is 1.94. The summed E-state index contributed by atoms with van der Waals surface area (Å²) in [5.41, 5.74) is 0. The molecule has 4 heteroatoms. The van der Waals surface area contributed by atoms with Crippen molar-refractivity contribution in [2.75, 3.05) is 0 Å². The van der Waals surface area contributed by atoms with Gasteiger partial charge in [-0.25, -0.2) is 4.39 Å². The Morgan fingerprint density at radius 1 is 0.938 bits per heavy atom. The lowest BCUT2D eigenvalue weighted by atomic mass is 10.3. The van der Waals surface area contributed by atoms with Crippen LogP contribution in [0.4, 0.5) is 4.39 Å². The van der Waals surface area contributed by atoms with Crippen LogP contribution in [0.15, 0.2) is 51.4 Å². The van der Waals surface area contributed by atoms with Gasteiger partial charge in [-0.2, -0.15) is 0 Å². The number of ether oxygens (including phenoxy) is 1.